The molecular weight excluding hydrogens is 126 g/mol. The minimum atomic E-state index is 0. The predicted molar refractivity (Wildman–Crippen MR) is 49.1 cm³/mol. The normalized spacial score (nSPS) is 7.89. The summed E-state index contributed by atoms with van der Waals surface area (Å²) in [5, 5.41) is 0. The number of rotatable bonds is 3. The summed E-state index contributed by atoms with van der Waals surface area (Å²) in [6.07, 6.45) is 0. The van der Waals surface area contributed by atoms with Gasteiger partial charge < -0.3 is 4.90 Å². The van der Waals surface area contributed by atoms with Crippen molar-refractivity contribution < 1.29 is 0 Å². The molecule has 0 aliphatic carbocycles. The van der Waals surface area contributed by atoms with E-state index in [9.17, 15) is 0 Å². The van der Waals surface area contributed by atoms with Crippen LogP contribution in [0.3, 0.4) is 0 Å². The van der Waals surface area contributed by atoms with Crippen molar-refractivity contribution >= 4 is 11.0 Å². The summed E-state index contributed by atoms with van der Waals surface area (Å²) in [5.74, 6) is 0. The SMILES string of the molecule is C=C(C)N(CC)CC.[SiH4]. The van der Waals surface area contributed by atoms with Crippen LogP contribution in [0.1, 0.15) is 20.8 Å². The van der Waals surface area contributed by atoms with Gasteiger partial charge in [-0.25, -0.2) is 0 Å². The third-order valence-corrected chi connectivity index (χ3v) is 1.30. The molecule has 2 heteroatoms. The van der Waals surface area contributed by atoms with Crippen LogP contribution < -0.4 is 0 Å². The van der Waals surface area contributed by atoms with Crippen LogP contribution in [0.25, 0.3) is 0 Å². The molecule has 0 saturated heterocycles. The molecule has 0 rings (SSSR count). The molecule has 0 aliphatic heterocycles. The third kappa shape index (κ3) is 4.27. The van der Waals surface area contributed by atoms with E-state index in [4.69, 9.17) is 0 Å². The Morgan fingerprint density at radius 2 is 1.67 bits per heavy atom. The number of nitrogens with zero attached hydrogens (tertiary/aromatic N) is 1. The van der Waals surface area contributed by atoms with Crippen LogP contribution in [-0.4, -0.2) is 29.0 Å². The zero-order chi connectivity index (χ0) is 6.57. The average molecular weight is 145 g/mol. The van der Waals surface area contributed by atoms with Gasteiger partial charge in [-0.05, 0) is 31.7 Å². The van der Waals surface area contributed by atoms with E-state index in [1.54, 1.807) is 0 Å². The number of hydrogen-bond acceptors (Lipinski definition) is 1. The summed E-state index contributed by atoms with van der Waals surface area (Å²) in [7, 11) is 0. The van der Waals surface area contributed by atoms with Crippen LogP contribution in [0.4, 0.5) is 0 Å². The topological polar surface area (TPSA) is 3.24 Å². The van der Waals surface area contributed by atoms with Crippen molar-refractivity contribution in [3.63, 3.8) is 0 Å². The molecule has 1 nitrogen and oxygen atoms in total. The Hall–Kier alpha value is -0.243. The molecule has 0 aliphatic rings. The Morgan fingerprint density at radius 1 is 1.33 bits per heavy atom. The first kappa shape index (κ1) is 11.5. The molecule has 0 radical (unpaired) electrons. The number of allylic oxidation sites excluding steroid dienone is 1. The highest BCUT2D eigenvalue weighted by atomic mass is 28.1. The highest BCUT2D eigenvalue weighted by Crippen LogP contribution is 1.96. The van der Waals surface area contributed by atoms with Gasteiger partial charge in [-0.3, -0.25) is 0 Å². The fourth-order valence-corrected chi connectivity index (χ4v) is 0.763. The lowest BCUT2D eigenvalue weighted by Gasteiger charge is -2.19. The molecule has 0 N–H and O–H groups in total. The molecule has 0 aromatic rings. The Kier molecular flexibility index (Phi) is 7.55. The monoisotopic (exact) mass is 145 g/mol. The van der Waals surface area contributed by atoms with Crippen molar-refractivity contribution in [3.05, 3.63) is 12.3 Å². The zero-order valence-electron chi connectivity index (χ0n) is 6.07. The van der Waals surface area contributed by atoms with Gasteiger partial charge in [0.2, 0.25) is 0 Å². The minimum absolute atomic E-state index is 0. The Labute approximate surface area is 62.8 Å². The van der Waals surface area contributed by atoms with E-state index >= 15 is 0 Å². The molecule has 0 aromatic carbocycles. The van der Waals surface area contributed by atoms with Crippen LogP contribution in [-0.2, 0) is 0 Å². The fraction of sp³-hybridized carbons (Fsp3) is 0.714. The van der Waals surface area contributed by atoms with Crippen LogP contribution in [0, 0.1) is 0 Å². The summed E-state index contributed by atoms with van der Waals surface area (Å²) >= 11 is 0. The maximum Gasteiger partial charge on any atom is 0.0146 e. The van der Waals surface area contributed by atoms with Gasteiger partial charge in [0.25, 0.3) is 0 Å². The van der Waals surface area contributed by atoms with Gasteiger partial charge in [-0.2, -0.15) is 0 Å². The Bertz CT molecular complexity index is 77.0. The summed E-state index contributed by atoms with van der Waals surface area (Å²) in [6, 6.07) is 0. The second-order valence-corrected chi connectivity index (χ2v) is 1.91. The standard InChI is InChI=1S/C7H15N.H4Si/c1-5-8(6-2)7(3)4;/h3,5-6H2,1-2,4H3;1H4. The lowest BCUT2D eigenvalue weighted by atomic mass is 10.4. The smallest absolute Gasteiger partial charge is 0.0146 e. The lowest BCUT2D eigenvalue weighted by Crippen LogP contribution is -2.19. The van der Waals surface area contributed by atoms with Crippen molar-refractivity contribution in [3.8, 4) is 0 Å². The van der Waals surface area contributed by atoms with Gasteiger partial charge in [0, 0.05) is 18.8 Å². The van der Waals surface area contributed by atoms with Crippen molar-refractivity contribution in [2.75, 3.05) is 13.1 Å². The van der Waals surface area contributed by atoms with E-state index in [2.05, 4.69) is 25.3 Å². The van der Waals surface area contributed by atoms with Crippen LogP contribution in [0.5, 0.6) is 0 Å². The van der Waals surface area contributed by atoms with E-state index in [-0.39, 0.29) is 11.0 Å². The summed E-state index contributed by atoms with van der Waals surface area (Å²) in [6.45, 7) is 12.3. The highest BCUT2D eigenvalue weighted by molar-refractivity contribution is 5.75. The van der Waals surface area contributed by atoms with Crippen molar-refractivity contribution in [1.82, 2.24) is 4.90 Å². The maximum absolute atomic E-state index is 3.82. The summed E-state index contributed by atoms with van der Waals surface area (Å²) < 4.78 is 0. The highest BCUT2D eigenvalue weighted by Gasteiger charge is 1.92. The Balaban J connectivity index is 0. The van der Waals surface area contributed by atoms with Crippen LogP contribution in [0.15, 0.2) is 12.3 Å². The maximum atomic E-state index is 3.82. The quantitative estimate of drug-likeness (QED) is 0.520. The van der Waals surface area contributed by atoms with Crippen LogP contribution in [0.2, 0.25) is 0 Å². The summed E-state index contributed by atoms with van der Waals surface area (Å²) in [5.41, 5.74) is 1.16. The molecule has 9 heavy (non-hydrogen) atoms. The zero-order valence-corrected chi connectivity index (χ0v) is 6.07. The molecule has 0 spiro atoms. The molecule has 0 heterocycles. The van der Waals surface area contributed by atoms with E-state index in [0.717, 1.165) is 18.8 Å². The molecule has 0 amide bonds. The van der Waals surface area contributed by atoms with E-state index in [0.29, 0.717) is 0 Å². The molecule has 56 valence electrons. The molecular formula is C7H19NSi. The van der Waals surface area contributed by atoms with Gasteiger partial charge in [-0.1, -0.05) is 6.58 Å². The fourth-order valence-electron chi connectivity index (χ4n) is 0.763. The molecule has 0 bridgehead atoms. The van der Waals surface area contributed by atoms with Crippen LogP contribution >= 0.6 is 0 Å². The second kappa shape index (κ2) is 5.89. The first-order chi connectivity index (χ1) is 3.72. The molecule has 0 unspecified atom stereocenters. The van der Waals surface area contributed by atoms with E-state index in [1.807, 2.05) is 6.92 Å². The minimum Gasteiger partial charge on any atom is -0.376 e. The van der Waals surface area contributed by atoms with Gasteiger partial charge >= 0.3 is 0 Å². The molecule has 0 saturated carbocycles. The van der Waals surface area contributed by atoms with Gasteiger partial charge in [0.1, 0.15) is 0 Å². The molecule has 0 aromatic heterocycles. The van der Waals surface area contributed by atoms with Crippen molar-refractivity contribution in [2.45, 2.75) is 20.8 Å². The first-order valence-electron chi connectivity index (χ1n) is 3.12. The van der Waals surface area contributed by atoms with E-state index < -0.39 is 0 Å². The van der Waals surface area contributed by atoms with Crippen molar-refractivity contribution in [2.24, 2.45) is 0 Å². The van der Waals surface area contributed by atoms with Gasteiger partial charge in [0.15, 0.2) is 0 Å². The first-order valence-corrected chi connectivity index (χ1v) is 3.12. The van der Waals surface area contributed by atoms with Crippen molar-refractivity contribution in [1.29, 1.82) is 0 Å². The van der Waals surface area contributed by atoms with Gasteiger partial charge in [0.05, 0.1) is 0 Å². The molecule has 0 atom stereocenters. The summed E-state index contributed by atoms with van der Waals surface area (Å²) in [4.78, 5) is 2.22. The third-order valence-electron chi connectivity index (χ3n) is 1.30. The molecule has 0 fully saturated rings. The Morgan fingerprint density at radius 3 is 1.67 bits per heavy atom. The lowest BCUT2D eigenvalue weighted by molar-refractivity contribution is 0.385. The second-order valence-electron chi connectivity index (χ2n) is 1.91. The number of hydrogen-bond donors (Lipinski definition) is 0. The van der Waals surface area contributed by atoms with E-state index in [1.165, 1.54) is 0 Å². The average Bonchev–Trinajstić information content (AvgIpc) is 1.69. The predicted octanol–water partition coefficient (Wildman–Crippen LogP) is 0.410. The largest absolute Gasteiger partial charge is 0.376 e. The van der Waals surface area contributed by atoms with Gasteiger partial charge in [-0.15, -0.1) is 0 Å².